The number of hydrogen-bond acceptors (Lipinski definition) is 3. The van der Waals surface area contributed by atoms with E-state index in [1.807, 2.05) is 24.3 Å². The van der Waals surface area contributed by atoms with Crippen LogP contribution in [0.1, 0.15) is 24.0 Å². The molecule has 0 bridgehead atoms. The lowest BCUT2D eigenvalue weighted by molar-refractivity contribution is 0.275. The number of pyridine rings is 1. The highest BCUT2D eigenvalue weighted by atomic mass is 79.9. The van der Waals surface area contributed by atoms with E-state index in [2.05, 4.69) is 26.2 Å². The molecule has 1 aromatic heterocycles. The molecule has 3 rings (SSSR count). The Morgan fingerprint density at radius 3 is 2.95 bits per heavy atom. The molecule has 0 unspecified atom stereocenters. The van der Waals surface area contributed by atoms with Crippen molar-refractivity contribution in [3.8, 4) is 5.88 Å². The van der Waals surface area contributed by atoms with E-state index in [1.54, 1.807) is 12.3 Å². The van der Waals surface area contributed by atoms with Crippen molar-refractivity contribution in [2.75, 3.05) is 0 Å². The van der Waals surface area contributed by atoms with Crippen LogP contribution in [0.3, 0.4) is 0 Å². The molecule has 21 heavy (non-hydrogen) atoms. The number of benzene rings is 1. The molecular weight excluding hydrogens is 335 g/mol. The third-order valence-electron chi connectivity index (χ3n) is 3.36. The third-order valence-corrected chi connectivity index (χ3v) is 3.85. The summed E-state index contributed by atoms with van der Waals surface area (Å²) in [6.07, 6.45) is 3.95. The van der Waals surface area contributed by atoms with Crippen molar-refractivity contribution >= 4 is 15.9 Å². The van der Waals surface area contributed by atoms with Gasteiger partial charge in [0.2, 0.25) is 0 Å². The Bertz CT molecular complexity index is 631. The fraction of sp³-hybridized carbons (Fsp3) is 0.312. The second-order valence-electron chi connectivity index (χ2n) is 5.16. The standard InChI is InChI=1S/C16H16BrFN2O/c17-13-3-1-2-11(8-13)10-21-16-15(18)12(6-7-19-16)9-20-14-4-5-14/h1-3,6-8,14,20H,4-5,9-10H2. The highest BCUT2D eigenvalue weighted by molar-refractivity contribution is 9.10. The van der Waals surface area contributed by atoms with E-state index in [9.17, 15) is 4.39 Å². The molecule has 3 nitrogen and oxygen atoms in total. The predicted octanol–water partition coefficient (Wildman–Crippen LogP) is 3.81. The Morgan fingerprint density at radius 1 is 1.33 bits per heavy atom. The quantitative estimate of drug-likeness (QED) is 0.859. The van der Waals surface area contributed by atoms with Gasteiger partial charge < -0.3 is 10.1 Å². The van der Waals surface area contributed by atoms with Crippen molar-refractivity contribution in [2.45, 2.75) is 32.0 Å². The Labute approximate surface area is 131 Å². The molecule has 0 spiro atoms. The number of nitrogens with zero attached hydrogens (tertiary/aromatic N) is 1. The topological polar surface area (TPSA) is 34.2 Å². The van der Waals surface area contributed by atoms with E-state index in [0.29, 0.717) is 24.8 Å². The monoisotopic (exact) mass is 350 g/mol. The largest absolute Gasteiger partial charge is 0.471 e. The van der Waals surface area contributed by atoms with Crippen LogP contribution in [0.15, 0.2) is 41.0 Å². The van der Waals surface area contributed by atoms with Gasteiger partial charge in [-0.1, -0.05) is 28.1 Å². The number of ether oxygens (including phenoxy) is 1. The molecule has 1 aromatic carbocycles. The molecule has 1 aliphatic rings. The molecule has 110 valence electrons. The van der Waals surface area contributed by atoms with Gasteiger partial charge in [-0.3, -0.25) is 0 Å². The van der Waals surface area contributed by atoms with E-state index in [-0.39, 0.29) is 11.7 Å². The smallest absolute Gasteiger partial charge is 0.251 e. The lowest BCUT2D eigenvalue weighted by atomic mass is 10.2. The van der Waals surface area contributed by atoms with Crippen molar-refractivity contribution in [1.29, 1.82) is 0 Å². The SMILES string of the molecule is Fc1c(CNC2CC2)ccnc1OCc1cccc(Br)c1. The van der Waals surface area contributed by atoms with E-state index in [4.69, 9.17) is 4.74 Å². The molecule has 1 heterocycles. The first-order valence-electron chi connectivity index (χ1n) is 6.96. The summed E-state index contributed by atoms with van der Waals surface area (Å²) in [5.74, 6) is -0.314. The van der Waals surface area contributed by atoms with Crippen molar-refractivity contribution in [1.82, 2.24) is 10.3 Å². The predicted molar refractivity (Wildman–Crippen MR) is 82.5 cm³/mol. The molecule has 0 amide bonds. The lowest BCUT2D eigenvalue weighted by Crippen LogP contribution is -2.16. The molecule has 1 saturated carbocycles. The summed E-state index contributed by atoms with van der Waals surface area (Å²) >= 11 is 3.40. The van der Waals surface area contributed by atoms with E-state index in [1.165, 1.54) is 12.8 Å². The Morgan fingerprint density at radius 2 is 2.19 bits per heavy atom. The third kappa shape index (κ3) is 4.02. The molecule has 5 heteroatoms. The maximum atomic E-state index is 14.3. The average Bonchev–Trinajstić information content (AvgIpc) is 3.29. The van der Waals surface area contributed by atoms with Gasteiger partial charge in [0.1, 0.15) is 6.61 Å². The summed E-state index contributed by atoms with van der Waals surface area (Å²) in [4.78, 5) is 3.98. The maximum Gasteiger partial charge on any atom is 0.251 e. The second kappa shape index (κ2) is 6.54. The summed E-state index contributed by atoms with van der Waals surface area (Å²) in [6, 6.07) is 9.96. The second-order valence-corrected chi connectivity index (χ2v) is 6.08. The van der Waals surface area contributed by atoms with Gasteiger partial charge in [0.15, 0.2) is 5.82 Å². The zero-order valence-corrected chi connectivity index (χ0v) is 13.1. The van der Waals surface area contributed by atoms with Crippen molar-refractivity contribution in [3.05, 3.63) is 57.9 Å². The van der Waals surface area contributed by atoms with Gasteiger partial charge >= 0.3 is 0 Å². The number of rotatable bonds is 6. The fourth-order valence-electron chi connectivity index (χ4n) is 2.02. The van der Waals surface area contributed by atoms with E-state index >= 15 is 0 Å². The first-order chi connectivity index (χ1) is 10.2. The zero-order valence-electron chi connectivity index (χ0n) is 11.5. The number of nitrogens with one attached hydrogen (secondary N) is 1. The number of hydrogen-bond donors (Lipinski definition) is 1. The van der Waals surface area contributed by atoms with Crippen LogP contribution >= 0.6 is 15.9 Å². The Hall–Kier alpha value is -1.46. The van der Waals surface area contributed by atoms with Crippen molar-refractivity contribution < 1.29 is 9.13 Å². The van der Waals surface area contributed by atoms with Crippen LogP contribution in [-0.2, 0) is 13.2 Å². The molecule has 1 aliphatic carbocycles. The normalized spacial score (nSPS) is 14.2. The molecule has 1 fully saturated rings. The summed E-state index contributed by atoms with van der Waals surface area (Å²) < 4.78 is 20.8. The zero-order chi connectivity index (χ0) is 14.7. The minimum atomic E-state index is -0.374. The Balaban J connectivity index is 1.65. The molecule has 2 aromatic rings. The van der Waals surface area contributed by atoms with Gasteiger partial charge in [-0.15, -0.1) is 0 Å². The Kier molecular flexibility index (Phi) is 4.51. The average molecular weight is 351 g/mol. The summed E-state index contributed by atoms with van der Waals surface area (Å²) in [5, 5.41) is 3.29. The molecular formula is C16H16BrFN2O. The number of halogens is 2. The van der Waals surface area contributed by atoms with Gasteiger partial charge in [-0.05, 0) is 36.6 Å². The van der Waals surface area contributed by atoms with Crippen LogP contribution < -0.4 is 10.1 Å². The summed E-state index contributed by atoms with van der Waals surface area (Å²) in [6.45, 7) is 0.815. The van der Waals surface area contributed by atoms with Crippen LogP contribution in [0.2, 0.25) is 0 Å². The van der Waals surface area contributed by atoms with Gasteiger partial charge in [-0.25, -0.2) is 9.37 Å². The van der Waals surface area contributed by atoms with Crippen LogP contribution in [-0.4, -0.2) is 11.0 Å². The summed E-state index contributed by atoms with van der Waals surface area (Å²) in [7, 11) is 0. The van der Waals surface area contributed by atoms with Crippen LogP contribution in [0, 0.1) is 5.82 Å². The first-order valence-corrected chi connectivity index (χ1v) is 7.75. The van der Waals surface area contributed by atoms with E-state index in [0.717, 1.165) is 10.0 Å². The highest BCUT2D eigenvalue weighted by Crippen LogP contribution is 2.22. The van der Waals surface area contributed by atoms with Gasteiger partial charge in [0.25, 0.3) is 5.88 Å². The van der Waals surface area contributed by atoms with E-state index < -0.39 is 0 Å². The first kappa shape index (κ1) is 14.5. The summed E-state index contributed by atoms with van der Waals surface area (Å²) in [5.41, 5.74) is 1.56. The van der Waals surface area contributed by atoms with Crippen molar-refractivity contribution in [3.63, 3.8) is 0 Å². The molecule has 0 aliphatic heterocycles. The van der Waals surface area contributed by atoms with Gasteiger partial charge in [0.05, 0.1) is 0 Å². The minimum absolute atomic E-state index is 0.0603. The fourth-order valence-corrected chi connectivity index (χ4v) is 2.47. The van der Waals surface area contributed by atoms with Crippen molar-refractivity contribution in [2.24, 2.45) is 0 Å². The minimum Gasteiger partial charge on any atom is -0.471 e. The maximum absolute atomic E-state index is 14.3. The van der Waals surface area contributed by atoms with Gasteiger partial charge in [-0.2, -0.15) is 0 Å². The molecule has 1 N–H and O–H groups in total. The molecule has 0 radical (unpaired) electrons. The van der Waals surface area contributed by atoms with Crippen LogP contribution in [0.4, 0.5) is 4.39 Å². The lowest BCUT2D eigenvalue weighted by Gasteiger charge is -2.10. The van der Waals surface area contributed by atoms with Crippen LogP contribution in [0.5, 0.6) is 5.88 Å². The number of aromatic nitrogens is 1. The molecule has 0 atom stereocenters. The molecule has 0 saturated heterocycles. The highest BCUT2D eigenvalue weighted by Gasteiger charge is 2.21. The van der Waals surface area contributed by atoms with Crippen LogP contribution in [0.25, 0.3) is 0 Å². The van der Waals surface area contributed by atoms with Gasteiger partial charge in [0, 0.05) is 28.8 Å².